The first kappa shape index (κ1) is 17.4. The van der Waals surface area contributed by atoms with Gasteiger partial charge in [0.25, 0.3) is 0 Å². The lowest BCUT2D eigenvalue weighted by atomic mass is 10.1. The summed E-state index contributed by atoms with van der Waals surface area (Å²) in [5.74, 6) is -0.153. The Labute approximate surface area is 111 Å². The lowest BCUT2D eigenvalue weighted by Gasteiger charge is -2.14. The molecule has 0 heterocycles. The SMILES string of the molecule is CCCCCCCC(=O)OC(C)COCC(C)O. The molecule has 0 spiro atoms. The summed E-state index contributed by atoms with van der Waals surface area (Å²) in [5, 5.41) is 9.00. The van der Waals surface area contributed by atoms with Gasteiger partial charge in [-0.15, -0.1) is 0 Å². The van der Waals surface area contributed by atoms with E-state index in [4.69, 9.17) is 14.6 Å². The van der Waals surface area contributed by atoms with E-state index in [-0.39, 0.29) is 18.7 Å². The van der Waals surface area contributed by atoms with Gasteiger partial charge in [-0.25, -0.2) is 0 Å². The Morgan fingerprint density at radius 2 is 1.78 bits per heavy atom. The summed E-state index contributed by atoms with van der Waals surface area (Å²) in [6.45, 7) is 6.25. The van der Waals surface area contributed by atoms with Crippen LogP contribution in [0.2, 0.25) is 0 Å². The van der Waals surface area contributed by atoms with E-state index in [1.54, 1.807) is 13.8 Å². The Morgan fingerprint density at radius 3 is 2.39 bits per heavy atom. The molecule has 0 radical (unpaired) electrons. The van der Waals surface area contributed by atoms with Gasteiger partial charge < -0.3 is 14.6 Å². The normalized spacial score (nSPS) is 14.2. The maximum atomic E-state index is 11.5. The van der Waals surface area contributed by atoms with Gasteiger partial charge >= 0.3 is 5.97 Å². The molecule has 2 unspecified atom stereocenters. The predicted octanol–water partition coefficient (Wildman–Crippen LogP) is 2.68. The van der Waals surface area contributed by atoms with Crippen molar-refractivity contribution < 1.29 is 19.4 Å². The first-order valence-corrected chi connectivity index (χ1v) is 7.01. The predicted molar refractivity (Wildman–Crippen MR) is 71.4 cm³/mol. The maximum Gasteiger partial charge on any atom is 0.306 e. The number of aliphatic hydroxyl groups excluding tert-OH is 1. The monoisotopic (exact) mass is 260 g/mol. The van der Waals surface area contributed by atoms with Crippen molar-refractivity contribution in [1.82, 2.24) is 0 Å². The third-order valence-electron chi connectivity index (χ3n) is 2.53. The largest absolute Gasteiger partial charge is 0.460 e. The number of hydrogen-bond donors (Lipinski definition) is 1. The highest BCUT2D eigenvalue weighted by Crippen LogP contribution is 2.06. The first-order chi connectivity index (χ1) is 8.56. The second kappa shape index (κ2) is 11.5. The van der Waals surface area contributed by atoms with Gasteiger partial charge in [-0.3, -0.25) is 4.79 Å². The molecule has 0 aromatic carbocycles. The second-order valence-electron chi connectivity index (χ2n) is 4.85. The molecule has 0 rings (SSSR count). The highest BCUT2D eigenvalue weighted by Gasteiger charge is 2.09. The van der Waals surface area contributed by atoms with E-state index in [1.165, 1.54) is 19.3 Å². The van der Waals surface area contributed by atoms with Gasteiger partial charge in [-0.2, -0.15) is 0 Å². The molecular formula is C14H28O4. The standard InChI is InChI=1S/C14H28O4/c1-4-5-6-7-8-9-14(16)18-13(3)11-17-10-12(2)15/h12-13,15H,4-11H2,1-3H3. The molecule has 0 aromatic rings. The molecule has 0 aromatic heterocycles. The van der Waals surface area contributed by atoms with Crippen LogP contribution >= 0.6 is 0 Å². The molecular weight excluding hydrogens is 232 g/mol. The van der Waals surface area contributed by atoms with Crippen LogP contribution in [0.5, 0.6) is 0 Å². The van der Waals surface area contributed by atoms with Crippen LogP contribution in [-0.4, -0.2) is 36.5 Å². The fraction of sp³-hybridized carbons (Fsp3) is 0.929. The van der Waals surface area contributed by atoms with Crippen molar-refractivity contribution in [3.8, 4) is 0 Å². The summed E-state index contributed by atoms with van der Waals surface area (Å²) < 4.78 is 10.4. The third-order valence-corrected chi connectivity index (χ3v) is 2.53. The van der Waals surface area contributed by atoms with Crippen molar-refractivity contribution in [3.63, 3.8) is 0 Å². The zero-order chi connectivity index (χ0) is 13.8. The number of carbonyl (C=O) groups is 1. The van der Waals surface area contributed by atoms with Gasteiger partial charge in [0, 0.05) is 6.42 Å². The molecule has 4 heteroatoms. The fourth-order valence-corrected chi connectivity index (χ4v) is 1.59. The minimum Gasteiger partial charge on any atom is -0.460 e. The number of aliphatic hydroxyl groups is 1. The Balaban J connectivity index is 3.43. The van der Waals surface area contributed by atoms with E-state index in [0.29, 0.717) is 13.0 Å². The van der Waals surface area contributed by atoms with Crippen molar-refractivity contribution in [1.29, 1.82) is 0 Å². The summed E-state index contributed by atoms with van der Waals surface area (Å²) in [7, 11) is 0. The summed E-state index contributed by atoms with van der Waals surface area (Å²) in [5.41, 5.74) is 0. The maximum absolute atomic E-state index is 11.5. The van der Waals surface area contributed by atoms with Crippen molar-refractivity contribution in [2.24, 2.45) is 0 Å². The molecule has 0 aliphatic heterocycles. The Morgan fingerprint density at radius 1 is 1.11 bits per heavy atom. The van der Waals surface area contributed by atoms with Crippen LogP contribution in [0.15, 0.2) is 0 Å². The number of rotatable bonds is 11. The van der Waals surface area contributed by atoms with Gasteiger partial charge in [0.05, 0.1) is 19.3 Å². The zero-order valence-corrected chi connectivity index (χ0v) is 12.0. The van der Waals surface area contributed by atoms with E-state index in [0.717, 1.165) is 12.8 Å². The lowest BCUT2D eigenvalue weighted by Crippen LogP contribution is -2.22. The van der Waals surface area contributed by atoms with E-state index in [9.17, 15) is 4.79 Å². The lowest BCUT2D eigenvalue weighted by molar-refractivity contribution is -0.151. The molecule has 0 saturated heterocycles. The molecule has 1 N–H and O–H groups in total. The molecule has 0 saturated carbocycles. The van der Waals surface area contributed by atoms with Crippen LogP contribution in [0, 0.1) is 0 Å². The number of carbonyl (C=O) groups excluding carboxylic acids is 1. The van der Waals surface area contributed by atoms with Gasteiger partial charge in [-0.05, 0) is 20.3 Å². The van der Waals surface area contributed by atoms with Crippen LogP contribution in [0.4, 0.5) is 0 Å². The molecule has 4 nitrogen and oxygen atoms in total. The summed E-state index contributed by atoms with van der Waals surface area (Å²) in [6, 6.07) is 0. The minimum absolute atomic E-state index is 0.153. The summed E-state index contributed by atoms with van der Waals surface area (Å²) >= 11 is 0. The smallest absolute Gasteiger partial charge is 0.306 e. The second-order valence-corrected chi connectivity index (χ2v) is 4.85. The number of unbranched alkanes of at least 4 members (excludes halogenated alkanes) is 4. The average molecular weight is 260 g/mol. The van der Waals surface area contributed by atoms with Crippen molar-refractivity contribution in [2.75, 3.05) is 13.2 Å². The Hall–Kier alpha value is -0.610. The van der Waals surface area contributed by atoms with Crippen LogP contribution in [0.25, 0.3) is 0 Å². The van der Waals surface area contributed by atoms with Crippen LogP contribution < -0.4 is 0 Å². The molecule has 2 atom stereocenters. The van der Waals surface area contributed by atoms with Crippen molar-refractivity contribution >= 4 is 5.97 Å². The fourth-order valence-electron chi connectivity index (χ4n) is 1.59. The van der Waals surface area contributed by atoms with Crippen LogP contribution in [-0.2, 0) is 14.3 Å². The van der Waals surface area contributed by atoms with Gasteiger partial charge in [-0.1, -0.05) is 32.6 Å². The summed E-state index contributed by atoms with van der Waals surface area (Å²) in [6.07, 6.45) is 5.40. The van der Waals surface area contributed by atoms with E-state index < -0.39 is 6.10 Å². The third kappa shape index (κ3) is 11.9. The molecule has 0 aliphatic carbocycles. The molecule has 108 valence electrons. The quantitative estimate of drug-likeness (QED) is 0.458. The number of esters is 1. The molecule has 18 heavy (non-hydrogen) atoms. The Bertz CT molecular complexity index is 204. The molecule has 0 amide bonds. The van der Waals surface area contributed by atoms with Gasteiger partial charge in [0.15, 0.2) is 0 Å². The highest BCUT2D eigenvalue weighted by molar-refractivity contribution is 5.69. The topological polar surface area (TPSA) is 55.8 Å². The number of hydrogen-bond acceptors (Lipinski definition) is 4. The zero-order valence-electron chi connectivity index (χ0n) is 12.0. The molecule has 0 bridgehead atoms. The number of ether oxygens (including phenoxy) is 2. The van der Waals surface area contributed by atoms with Gasteiger partial charge in [0.1, 0.15) is 6.10 Å². The summed E-state index contributed by atoms with van der Waals surface area (Å²) in [4.78, 5) is 11.5. The van der Waals surface area contributed by atoms with Gasteiger partial charge in [0.2, 0.25) is 0 Å². The highest BCUT2D eigenvalue weighted by atomic mass is 16.6. The van der Waals surface area contributed by atoms with E-state index in [1.807, 2.05) is 0 Å². The minimum atomic E-state index is -0.480. The molecule has 0 fully saturated rings. The van der Waals surface area contributed by atoms with Crippen LogP contribution in [0.1, 0.15) is 59.3 Å². The van der Waals surface area contributed by atoms with Crippen molar-refractivity contribution in [2.45, 2.75) is 71.5 Å². The van der Waals surface area contributed by atoms with E-state index >= 15 is 0 Å². The average Bonchev–Trinajstić information content (AvgIpc) is 2.28. The van der Waals surface area contributed by atoms with E-state index in [2.05, 4.69) is 6.92 Å². The molecule has 0 aliphatic rings. The first-order valence-electron chi connectivity index (χ1n) is 7.01. The van der Waals surface area contributed by atoms with Crippen LogP contribution in [0.3, 0.4) is 0 Å². The van der Waals surface area contributed by atoms with Crippen molar-refractivity contribution in [3.05, 3.63) is 0 Å². The Kier molecular flexibility index (Phi) is 11.1.